The molecule has 1 aliphatic rings. The summed E-state index contributed by atoms with van der Waals surface area (Å²) in [5.41, 5.74) is 1.25. The van der Waals surface area contributed by atoms with Crippen molar-refractivity contribution in [2.45, 2.75) is 79.0 Å². The first-order valence-electron chi connectivity index (χ1n) is 15.2. The highest BCUT2D eigenvalue weighted by Crippen LogP contribution is 2.32. The number of nitrogens with one attached hydrogen (secondary N) is 2. The Labute approximate surface area is 277 Å². The summed E-state index contributed by atoms with van der Waals surface area (Å²) in [5.74, 6) is -0.644. The van der Waals surface area contributed by atoms with Gasteiger partial charge in [0.05, 0.1) is 12.1 Å². The van der Waals surface area contributed by atoms with Crippen molar-refractivity contribution in [2.75, 3.05) is 13.1 Å². The first-order chi connectivity index (χ1) is 21.6. The minimum atomic E-state index is -1.09. The monoisotopic (exact) mass is 674 g/mol. The van der Waals surface area contributed by atoms with Gasteiger partial charge in [-0.25, -0.2) is 19.6 Å². The predicted octanol–water partition coefficient (Wildman–Crippen LogP) is 6.31. The maximum Gasteiger partial charge on any atom is 0.407 e. The minimum absolute atomic E-state index is 0.0294. The molecular formula is C31H40Cl2N8O5. The number of carboxylic acid groups (broad SMARTS) is 1. The van der Waals surface area contributed by atoms with Crippen LogP contribution in [0.3, 0.4) is 0 Å². The summed E-state index contributed by atoms with van der Waals surface area (Å²) in [6.45, 7) is 14.5. The molecule has 0 saturated heterocycles. The van der Waals surface area contributed by atoms with Gasteiger partial charge < -0.3 is 29.6 Å². The Hall–Kier alpha value is -3.97. The fourth-order valence-electron chi connectivity index (χ4n) is 5.41. The van der Waals surface area contributed by atoms with E-state index in [4.69, 9.17) is 27.9 Å². The largest absolute Gasteiger partial charge is 0.477 e. The van der Waals surface area contributed by atoms with E-state index in [1.165, 1.54) is 12.3 Å². The molecule has 46 heavy (non-hydrogen) atoms. The number of rotatable bonds is 8. The van der Waals surface area contributed by atoms with Crippen molar-refractivity contribution in [3.05, 3.63) is 46.5 Å². The van der Waals surface area contributed by atoms with E-state index in [2.05, 4.69) is 44.4 Å². The Morgan fingerprint density at radius 2 is 1.67 bits per heavy atom. The average Bonchev–Trinajstić information content (AvgIpc) is 3.56. The first-order valence-corrected chi connectivity index (χ1v) is 16.0. The van der Waals surface area contributed by atoms with Crippen molar-refractivity contribution in [2.24, 2.45) is 11.8 Å². The lowest BCUT2D eigenvalue weighted by atomic mass is 9.97. The number of carbonyl (C=O) groups is 3. The molecular weight excluding hydrogens is 635 g/mol. The molecule has 4 aromatic heterocycles. The van der Waals surface area contributed by atoms with Crippen molar-refractivity contribution in [3.63, 3.8) is 0 Å². The van der Waals surface area contributed by atoms with Crippen LogP contribution in [0, 0.1) is 11.8 Å². The van der Waals surface area contributed by atoms with Gasteiger partial charge in [0, 0.05) is 36.3 Å². The molecule has 0 bridgehead atoms. The summed E-state index contributed by atoms with van der Waals surface area (Å²) in [6.07, 6.45) is 4.41. The van der Waals surface area contributed by atoms with Gasteiger partial charge in [0.25, 0.3) is 5.91 Å². The maximum atomic E-state index is 12.1. The van der Waals surface area contributed by atoms with E-state index < -0.39 is 17.7 Å². The lowest BCUT2D eigenvalue weighted by Crippen LogP contribution is -2.41. The molecule has 5 rings (SSSR count). The van der Waals surface area contributed by atoms with Crippen LogP contribution in [0.5, 0.6) is 0 Å². The highest BCUT2D eigenvalue weighted by atomic mass is 35.5. The zero-order valence-corrected chi connectivity index (χ0v) is 28.5. The Morgan fingerprint density at radius 1 is 1.07 bits per heavy atom. The summed E-state index contributed by atoms with van der Waals surface area (Å²) < 4.78 is 8.90. The van der Waals surface area contributed by atoms with E-state index >= 15 is 0 Å². The third-order valence-corrected chi connectivity index (χ3v) is 8.50. The van der Waals surface area contributed by atoms with Crippen molar-refractivity contribution < 1.29 is 24.2 Å². The zero-order valence-electron chi connectivity index (χ0n) is 27.0. The molecule has 4 aromatic rings. The molecule has 0 aromatic carbocycles. The number of amides is 2. The van der Waals surface area contributed by atoms with E-state index in [1.807, 2.05) is 24.5 Å². The molecule has 15 heteroatoms. The summed E-state index contributed by atoms with van der Waals surface area (Å²) in [5, 5.41) is 17.0. The average molecular weight is 676 g/mol. The number of halogens is 2. The fraction of sp³-hybridized carbons (Fsp3) is 0.516. The van der Waals surface area contributed by atoms with Crippen LogP contribution in [0.15, 0.2) is 24.5 Å². The quantitative estimate of drug-likeness (QED) is 0.181. The number of aromatic carboxylic acids is 1. The molecule has 2 amide bonds. The van der Waals surface area contributed by atoms with Crippen molar-refractivity contribution in [1.29, 1.82) is 0 Å². The van der Waals surface area contributed by atoms with Crippen LogP contribution in [-0.4, -0.2) is 70.8 Å². The number of alkyl carbamates (subject to hydrolysis) is 1. The highest BCUT2D eigenvalue weighted by Gasteiger charge is 2.31. The van der Waals surface area contributed by atoms with E-state index in [0.717, 1.165) is 23.9 Å². The zero-order chi connectivity index (χ0) is 33.9. The van der Waals surface area contributed by atoms with E-state index in [-0.39, 0.29) is 46.7 Å². The Balaban J connectivity index is 0.000000221. The lowest BCUT2D eigenvalue weighted by molar-refractivity contribution is 0.0515. The second kappa shape index (κ2) is 14.2. The van der Waals surface area contributed by atoms with Crippen molar-refractivity contribution >= 4 is 63.2 Å². The maximum absolute atomic E-state index is 12.1. The third kappa shape index (κ3) is 7.69. The standard InChI is InChI=1S/C18H25ClN4O4.C13H15ClN4O/c1-6-10(2)13(9-21-17(26)27-18(3,4)5)23-12(15(24)25)7-11-8-20-16(19)22-14(11)23;1-3-7(2)10-6-15-12(19)9-4-8-5-16-13(14)17-11(8)18(9)10/h7-8,10,13H,6,9H2,1-5H3,(H,21,26)(H,24,25);4-5,7,10H,3,6H2,1-2H3,(H,15,19)/t10?,13-;7?,10-/m11/s1. The van der Waals surface area contributed by atoms with E-state index in [1.54, 1.807) is 31.5 Å². The molecule has 1 aliphatic heterocycles. The number of aromatic nitrogens is 6. The lowest BCUT2D eigenvalue weighted by Gasteiger charge is -2.31. The number of carbonyl (C=O) groups excluding carboxylic acids is 2. The van der Waals surface area contributed by atoms with Gasteiger partial charge >= 0.3 is 12.1 Å². The Morgan fingerprint density at radius 3 is 2.24 bits per heavy atom. The number of hydrogen-bond acceptors (Lipinski definition) is 8. The number of carboxylic acids is 1. The molecule has 13 nitrogen and oxygen atoms in total. The van der Waals surface area contributed by atoms with Gasteiger partial charge in [-0.2, -0.15) is 9.97 Å². The topological polar surface area (TPSA) is 166 Å². The summed E-state index contributed by atoms with van der Waals surface area (Å²) >= 11 is 11.8. The molecule has 0 saturated carbocycles. The summed E-state index contributed by atoms with van der Waals surface area (Å²) in [6, 6.07) is 3.20. The molecule has 0 spiro atoms. The van der Waals surface area contributed by atoms with Gasteiger partial charge in [-0.1, -0.05) is 40.5 Å². The van der Waals surface area contributed by atoms with Gasteiger partial charge in [-0.15, -0.1) is 0 Å². The van der Waals surface area contributed by atoms with Crippen LogP contribution in [-0.2, 0) is 4.74 Å². The molecule has 0 aliphatic carbocycles. The van der Waals surface area contributed by atoms with Crippen molar-refractivity contribution in [1.82, 2.24) is 39.7 Å². The van der Waals surface area contributed by atoms with Crippen LogP contribution in [0.1, 0.15) is 94.4 Å². The SMILES string of the molecule is CCC(C)[C@@H](CNC(=O)OC(C)(C)C)n1c(C(=O)O)cc2cnc(Cl)nc21.CCC(C)[C@H]1CNC(=O)c2cc3cnc(Cl)nc3n21. The smallest absolute Gasteiger partial charge is 0.407 e. The normalized spacial score (nSPS) is 16.5. The molecule has 4 atom stereocenters. The second-order valence-electron chi connectivity index (χ2n) is 12.4. The molecule has 3 N–H and O–H groups in total. The van der Waals surface area contributed by atoms with Crippen LogP contribution >= 0.6 is 23.2 Å². The molecule has 248 valence electrons. The van der Waals surface area contributed by atoms with Crippen LogP contribution in [0.2, 0.25) is 10.6 Å². The van der Waals surface area contributed by atoms with Gasteiger partial charge in [-0.3, -0.25) is 4.79 Å². The molecule has 0 radical (unpaired) electrons. The van der Waals surface area contributed by atoms with Crippen molar-refractivity contribution in [3.8, 4) is 0 Å². The summed E-state index contributed by atoms with van der Waals surface area (Å²) in [7, 11) is 0. The van der Waals surface area contributed by atoms with Gasteiger partial charge in [0.2, 0.25) is 10.6 Å². The van der Waals surface area contributed by atoms with E-state index in [9.17, 15) is 19.5 Å². The predicted molar refractivity (Wildman–Crippen MR) is 176 cm³/mol. The summed E-state index contributed by atoms with van der Waals surface area (Å²) in [4.78, 5) is 52.3. The Kier molecular flexibility index (Phi) is 10.8. The van der Waals surface area contributed by atoms with Crippen LogP contribution < -0.4 is 10.6 Å². The third-order valence-electron chi connectivity index (χ3n) is 8.14. The molecule has 5 heterocycles. The van der Waals surface area contributed by atoms with Gasteiger partial charge in [0.15, 0.2) is 0 Å². The highest BCUT2D eigenvalue weighted by molar-refractivity contribution is 6.28. The molecule has 2 unspecified atom stereocenters. The first kappa shape index (κ1) is 34.9. The number of ether oxygens (including phenoxy) is 1. The minimum Gasteiger partial charge on any atom is -0.477 e. The number of fused-ring (bicyclic) bond motifs is 4. The number of hydrogen-bond donors (Lipinski definition) is 3. The van der Waals surface area contributed by atoms with Gasteiger partial charge in [-0.05, 0) is 67.9 Å². The van der Waals surface area contributed by atoms with Gasteiger partial charge in [0.1, 0.15) is 28.3 Å². The molecule has 0 fully saturated rings. The Bertz CT molecular complexity index is 1750. The van der Waals surface area contributed by atoms with E-state index in [0.29, 0.717) is 29.2 Å². The number of nitrogens with zero attached hydrogens (tertiary/aromatic N) is 6. The van der Waals surface area contributed by atoms with Crippen LogP contribution in [0.25, 0.3) is 22.1 Å². The van der Waals surface area contributed by atoms with Crippen LogP contribution in [0.4, 0.5) is 4.79 Å². The fourth-order valence-corrected chi connectivity index (χ4v) is 5.67. The second-order valence-corrected chi connectivity index (χ2v) is 13.1.